The topological polar surface area (TPSA) is 40.2 Å². The Bertz CT molecular complexity index is 500. The highest BCUT2D eigenvalue weighted by atomic mass is 16.6. The maximum atomic E-state index is 5.17. The van der Waals surface area contributed by atoms with Crippen LogP contribution in [-0.4, -0.2) is 4.57 Å². The van der Waals surface area contributed by atoms with E-state index in [0.717, 1.165) is 5.56 Å². The van der Waals surface area contributed by atoms with Gasteiger partial charge < -0.3 is 4.57 Å². The predicted octanol–water partition coefficient (Wildman–Crippen LogP) is 2.92. The average molecular weight is 218 g/mol. The standard InChI is InChI=1S/C13H18N2O/c1-9(2)15-7-11(8-16-14)12-6-4-5-10(3)13(12)15/h4-7,9H,8,14H2,1-3H3. The fourth-order valence-corrected chi connectivity index (χ4v) is 2.17. The number of aromatic nitrogens is 1. The van der Waals surface area contributed by atoms with Crippen LogP contribution in [0.25, 0.3) is 10.9 Å². The van der Waals surface area contributed by atoms with Gasteiger partial charge in [0.15, 0.2) is 0 Å². The Morgan fingerprint density at radius 3 is 2.75 bits per heavy atom. The van der Waals surface area contributed by atoms with Crippen molar-refractivity contribution >= 4 is 10.9 Å². The second-order valence-corrected chi connectivity index (χ2v) is 4.44. The summed E-state index contributed by atoms with van der Waals surface area (Å²) in [5.74, 6) is 5.17. The number of aryl methyl sites for hydroxylation is 1. The minimum absolute atomic E-state index is 0.440. The van der Waals surface area contributed by atoms with Crippen molar-refractivity contribution in [3.8, 4) is 0 Å². The molecular formula is C13H18N2O. The molecule has 2 aromatic rings. The number of hydrogen-bond acceptors (Lipinski definition) is 2. The fraction of sp³-hybridized carbons (Fsp3) is 0.385. The highest BCUT2D eigenvalue weighted by Crippen LogP contribution is 2.27. The van der Waals surface area contributed by atoms with Crippen LogP contribution in [0.4, 0.5) is 0 Å². The summed E-state index contributed by atoms with van der Waals surface area (Å²) in [6.07, 6.45) is 2.13. The molecule has 3 nitrogen and oxygen atoms in total. The Kier molecular flexibility index (Phi) is 2.99. The molecule has 1 aromatic carbocycles. The Labute approximate surface area is 95.8 Å². The van der Waals surface area contributed by atoms with E-state index in [1.807, 2.05) is 0 Å². The van der Waals surface area contributed by atoms with Crippen molar-refractivity contribution in [2.45, 2.75) is 33.4 Å². The summed E-state index contributed by atoms with van der Waals surface area (Å²) in [6.45, 7) is 6.95. The first-order valence-electron chi connectivity index (χ1n) is 5.56. The van der Waals surface area contributed by atoms with Gasteiger partial charge in [0.2, 0.25) is 0 Å². The van der Waals surface area contributed by atoms with Gasteiger partial charge >= 0.3 is 0 Å². The van der Waals surface area contributed by atoms with Crippen LogP contribution in [0.3, 0.4) is 0 Å². The molecule has 1 heterocycles. The zero-order chi connectivity index (χ0) is 11.7. The van der Waals surface area contributed by atoms with E-state index >= 15 is 0 Å². The van der Waals surface area contributed by atoms with Gasteiger partial charge in [-0.2, -0.15) is 0 Å². The van der Waals surface area contributed by atoms with Crippen LogP contribution < -0.4 is 5.90 Å². The molecule has 1 aromatic heterocycles. The molecule has 0 bridgehead atoms. The fourth-order valence-electron chi connectivity index (χ4n) is 2.17. The van der Waals surface area contributed by atoms with Crippen molar-refractivity contribution in [1.82, 2.24) is 4.57 Å². The lowest BCUT2D eigenvalue weighted by molar-refractivity contribution is 0.125. The second-order valence-electron chi connectivity index (χ2n) is 4.44. The number of nitrogens with zero attached hydrogens (tertiary/aromatic N) is 1. The summed E-state index contributed by atoms with van der Waals surface area (Å²) >= 11 is 0. The molecule has 86 valence electrons. The lowest BCUT2D eigenvalue weighted by atomic mass is 10.1. The monoisotopic (exact) mass is 218 g/mol. The number of para-hydroxylation sites is 1. The minimum atomic E-state index is 0.440. The van der Waals surface area contributed by atoms with Crippen LogP contribution >= 0.6 is 0 Å². The van der Waals surface area contributed by atoms with E-state index in [-0.39, 0.29) is 0 Å². The molecule has 0 spiro atoms. The van der Waals surface area contributed by atoms with Gasteiger partial charge in [0.25, 0.3) is 0 Å². The Morgan fingerprint density at radius 2 is 2.12 bits per heavy atom. The van der Waals surface area contributed by atoms with Crippen LogP contribution in [0.5, 0.6) is 0 Å². The van der Waals surface area contributed by atoms with Crippen molar-refractivity contribution < 1.29 is 4.84 Å². The normalized spacial score (nSPS) is 11.6. The maximum Gasteiger partial charge on any atom is 0.0950 e. The van der Waals surface area contributed by atoms with E-state index in [1.165, 1.54) is 16.5 Å². The van der Waals surface area contributed by atoms with Gasteiger partial charge in [0.05, 0.1) is 12.1 Å². The summed E-state index contributed by atoms with van der Waals surface area (Å²) in [4.78, 5) is 4.76. The van der Waals surface area contributed by atoms with Crippen molar-refractivity contribution in [1.29, 1.82) is 0 Å². The molecule has 2 rings (SSSR count). The van der Waals surface area contributed by atoms with Gasteiger partial charge in [-0.15, -0.1) is 0 Å². The number of fused-ring (bicyclic) bond motifs is 1. The number of hydrogen-bond donors (Lipinski definition) is 1. The van der Waals surface area contributed by atoms with E-state index in [1.54, 1.807) is 0 Å². The van der Waals surface area contributed by atoms with E-state index in [4.69, 9.17) is 10.7 Å². The third-order valence-electron chi connectivity index (χ3n) is 2.93. The zero-order valence-corrected chi connectivity index (χ0v) is 10.0. The molecule has 0 aliphatic heterocycles. The Balaban J connectivity index is 2.71. The summed E-state index contributed by atoms with van der Waals surface area (Å²) < 4.78 is 2.28. The molecule has 0 unspecified atom stereocenters. The summed E-state index contributed by atoms with van der Waals surface area (Å²) in [5, 5.41) is 1.24. The lowest BCUT2D eigenvalue weighted by Crippen LogP contribution is -2.00. The van der Waals surface area contributed by atoms with Crippen LogP contribution in [0, 0.1) is 6.92 Å². The summed E-state index contributed by atoms with van der Waals surface area (Å²) in [6, 6.07) is 6.77. The molecule has 3 heteroatoms. The van der Waals surface area contributed by atoms with Gasteiger partial charge in [0.1, 0.15) is 0 Å². The molecule has 0 radical (unpaired) electrons. The first-order valence-corrected chi connectivity index (χ1v) is 5.56. The van der Waals surface area contributed by atoms with Crippen LogP contribution in [0.2, 0.25) is 0 Å². The van der Waals surface area contributed by atoms with E-state index in [9.17, 15) is 0 Å². The molecule has 2 N–H and O–H groups in total. The third kappa shape index (κ3) is 1.72. The van der Waals surface area contributed by atoms with Crippen LogP contribution in [0.1, 0.15) is 31.0 Å². The molecule has 0 saturated heterocycles. The lowest BCUT2D eigenvalue weighted by Gasteiger charge is -2.10. The molecular weight excluding hydrogens is 200 g/mol. The molecule has 0 fully saturated rings. The first-order chi connectivity index (χ1) is 7.65. The molecule has 0 amide bonds. The highest BCUT2D eigenvalue weighted by molar-refractivity contribution is 5.86. The zero-order valence-electron chi connectivity index (χ0n) is 10.0. The molecule has 0 aliphatic rings. The second kappa shape index (κ2) is 4.28. The van der Waals surface area contributed by atoms with Crippen molar-refractivity contribution in [2.24, 2.45) is 5.90 Å². The van der Waals surface area contributed by atoms with E-state index < -0.39 is 0 Å². The number of benzene rings is 1. The Morgan fingerprint density at radius 1 is 1.38 bits per heavy atom. The van der Waals surface area contributed by atoms with Crippen molar-refractivity contribution in [3.05, 3.63) is 35.5 Å². The Hall–Kier alpha value is -1.32. The van der Waals surface area contributed by atoms with Gasteiger partial charge in [-0.3, -0.25) is 4.84 Å². The van der Waals surface area contributed by atoms with Gasteiger partial charge in [-0.1, -0.05) is 18.2 Å². The number of rotatable bonds is 3. The predicted molar refractivity (Wildman–Crippen MR) is 66.0 cm³/mol. The molecule has 16 heavy (non-hydrogen) atoms. The van der Waals surface area contributed by atoms with E-state index in [0.29, 0.717) is 12.6 Å². The molecule has 0 saturated carbocycles. The highest BCUT2D eigenvalue weighted by Gasteiger charge is 2.11. The average Bonchev–Trinajstić information content (AvgIpc) is 2.60. The largest absolute Gasteiger partial charge is 0.344 e. The first kappa shape index (κ1) is 11.2. The van der Waals surface area contributed by atoms with E-state index in [2.05, 4.69) is 49.7 Å². The summed E-state index contributed by atoms with van der Waals surface area (Å²) in [7, 11) is 0. The minimum Gasteiger partial charge on any atom is -0.344 e. The smallest absolute Gasteiger partial charge is 0.0950 e. The van der Waals surface area contributed by atoms with Gasteiger partial charge in [0, 0.05) is 23.2 Å². The maximum absolute atomic E-state index is 5.17. The molecule has 0 atom stereocenters. The van der Waals surface area contributed by atoms with Crippen LogP contribution in [-0.2, 0) is 11.4 Å². The van der Waals surface area contributed by atoms with Crippen LogP contribution in [0.15, 0.2) is 24.4 Å². The third-order valence-corrected chi connectivity index (χ3v) is 2.93. The summed E-state index contributed by atoms with van der Waals surface area (Å²) in [5.41, 5.74) is 3.72. The SMILES string of the molecule is Cc1cccc2c(CON)cn(C(C)C)c12. The van der Waals surface area contributed by atoms with Crippen molar-refractivity contribution in [2.75, 3.05) is 0 Å². The van der Waals surface area contributed by atoms with Crippen molar-refractivity contribution in [3.63, 3.8) is 0 Å². The van der Waals surface area contributed by atoms with Gasteiger partial charge in [-0.05, 0) is 26.3 Å². The number of nitrogens with two attached hydrogens (primary N) is 1. The molecule has 0 aliphatic carbocycles. The quantitative estimate of drug-likeness (QED) is 0.805. The van der Waals surface area contributed by atoms with Gasteiger partial charge in [-0.25, -0.2) is 5.90 Å².